The smallest absolute Gasteiger partial charge is 0.394 e. The number of phosphoric acid groups is 1. The second kappa shape index (κ2) is 8.79. The predicted octanol–water partition coefficient (Wildman–Crippen LogP) is -0.745. The summed E-state index contributed by atoms with van der Waals surface area (Å²) in [6, 6.07) is 8.52. The van der Waals surface area contributed by atoms with Gasteiger partial charge in [-0.1, -0.05) is 30.3 Å². The number of aromatic nitrogens is 2. The van der Waals surface area contributed by atoms with Gasteiger partial charge >= 0.3 is 7.82 Å². The highest BCUT2D eigenvalue weighted by molar-refractivity contribution is 7.46. The Morgan fingerprint density at radius 2 is 2.03 bits per heavy atom. The molecule has 1 aromatic carbocycles. The molecule has 2 aliphatic rings. The Hall–Kier alpha value is -2.51. The van der Waals surface area contributed by atoms with Crippen LogP contribution in [-0.2, 0) is 13.8 Å². The molecule has 1 saturated heterocycles. The first-order valence-electron chi connectivity index (χ1n) is 9.81. The maximum absolute atomic E-state index is 12.8. The lowest BCUT2D eigenvalue weighted by atomic mass is 10.1. The van der Waals surface area contributed by atoms with E-state index in [-0.39, 0.29) is 37.1 Å². The molecule has 4 rings (SSSR count). The van der Waals surface area contributed by atoms with Crippen molar-refractivity contribution in [3.8, 4) is 0 Å². The number of aromatic amines is 1. The Labute approximate surface area is 182 Å². The summed E-state index contributed by atoms with van der Waals surface area (Å²) in [7, 11) is -4.82. The number of aliphatic hydroxyl groups excluding tert-OH is 2. The van der Waals surface area contributed by atoms with Gasteiger partial charge in [-0.2, -0.15) is 4.98 Å². The van der Waals surface area contributed by atoms with Crippen molar-refractivity contribution in [1.82, 2.24) is 9.97 Å². The molecule has 0 amide bonds. The number of aliphatic hydroxyl groups is 2. The number of nitrogens with two attached hydrogens (primary N) is 1. The average Bonchev–Trinajstić information content (AvgIpc) is 3.29. The largest absolute Gasteiger partial charge is 0.469 e. The first-order valence-corrected chi connectivity index (χ1v) is 11.3. The van der Waals surface area contributed by atoms with Gasteiger partial charge in [0.05, 0.1) is 25.9 Å². The van der Waals surface area contributed by atoms with Crippen LogP contribution in [0.15, 0.2) is 35.1 Å². The molecule has 4 atom stereocenters. The molecule has 7 N–H and O–H groups in total. The van der Waals surface area contributed by atoms with Gasteiger partial charge in [-0.05, 0) is 5.56 Å². The first-order chi connectivity index (χ1) is 15.2. The molecular formula is C18H24N5O8P. The van der Waals surface area contributed by atoms with Gasteiger partial charge in [0.2, 0.25) is 5.95 Å². The molecule has 3 heterocycles. The maximum atomic E-state index is 12.8. The van der Waals surface area contributed by atoms with Crippen LogP contribution in [0.5, 0.6) is 0 Å². The molecular weight excluding hydrogens is 445 g/mol. The number of nitrogen functional groups attached to an aromatic ring is 1. The molecule has 2 aromatic rings. The van der Waals surface area contributed by atoms with Crippen molar-refractivity contribution in [3.63, 3.8) is 0 Å². The van der Waals surface area contributed by atoms with Gasteiger partial charge in [0.15, 0.2) is 5.82 Å². The Balaban J connectivity index is 1.70. The third-order valence-corrected chi connectivity index (χ3v) is 6.02. The standard InChI is InChI=1S/C18H24N5O8P/c19-18-20-16-15(17(26)21-18)22(11(7-24)10-4-2-1-3-5-10)9-23(16)14-6-12(13(8-25)30-14)31-32(27,28)29/h1-5,11-14,24-25H,6-9H2,(H2,27,28,29)(H3,19,20,21,26)/t11?,12-,13+,14+/m0/s1. The molecule has 13 nitrogen and oxygen atoms in total. The van der Waals surface area contributed by atoms with E-state index < -0.39 is 44.5 Å². The van der Waals surface area contributed by atoms with Crippen LogP contribution in [0.25, 0.3) is 0 Å². The van der Waals surface area contributed by atoms with Crippen molar-refractivity contribution >= 4 is 25.3 Å². The van der Waals surface area contributed by atoms with Gasteiger partial charge in [0, 0.05) is 6.42 Å². The summed E-state index contributed by atoms with van der Waals surface area (Å²) in [5.74, 6) is 0.0692. The summed E-state index contributed by atoms with van der Waals surface area (Å²) < 4.78 is 21.9. The van der Waals surface area contributed by atoms with Gasteiger partial charge in [-0.3, -0.25) is 14.3 Å². The summed E-state index contributed by atoms with van der Waals surface area (Å²) in [6.45, 7) is -0.754. The van der Waals surface area contributed by atoms with Gasteiger partial charge in [0.25, 0.3) is 5.56 Å². The lowest BCUT2D eigenvalue weighted by Gasteiger charge is -2.30. The molecule has 0 radical (unpaired) electrons. The van der Waals surface area contributed by atoms with Crippen LogP contribution in [-0.4, -0.2) is 68.3 Å². The fourth-order valence-electron chi connectivity index (χ4n) is 4.12. The summed E-state index contributed by atoms with van der Waals surface area (Å²) in [4.78, 5) is 41.1. The lowest BCUT2D eigenvalue weighted by Crippen LogP contribution is -2.41. The molecule has 0 aliphatic carbocycles. The van der Waals surface area contributed by atoms with Crippen molar-refractivity contribution in [3.05, 3.63) is 46.2 Å². The van der Waals surface area contributed by atoms with Crippen LogP contribution in [0.1, 0.15) is 18.0 Å². The van der Waals surface area contributed by atoms with Gasteiger partial charge < -0.3 is 40.3 Å². The van der Waals surface area contributed by atoms with Crippen molar-refractivity contribution in [1.29, 1.82) is 0 Å². The summed E-state index contributed by atoms with van der Waals surface area (Å²) in [6.07, 6.45) is -2.90. The molecule has 0 spiro atoms. The topological polar surface area (TPSA) is 195 Å². The van der Waals surface area contributed by atoms with E-state index in [0.29, 0.717) is 0 Å². The number of nitrogens with one attached hydrogen (secondary N) is 1. The maximum Gasteiger partial charge on any atom is 0.469 e. The van der Waals surface area contributed by atoms with E-state index in [1.807, 2.05) is 30.3 Å². The van der Waals surface area contributed by atoms with Crippen LogP contribution < -0.4 is 21.1 Å². The number of hydrogen-bond acceptors (Lipinski definition) is 10. The fourth-order valence-corrected chi connectivity index (χ4v) is 4.69. The molecule has 174 valence electrons. The van der Waals surface area contributed by atoms with E-state index >= 15 is 0 Å². The Bertz CT molecular complexity index is 1060. The summed E-state index contributed by atoms with van der Waals surface area (Å²) in [5.41, 5.74) is 6.18. The molecule has 32 heavy (non-hydrogen) atoms. The number of nitrogens with zero attached hydrogens (tertiary/aromatic N) is 3. The molecule has 1 unspecified atom stereocenters. The number of benzene rings is 1. The van der Waals surface area contributed by atoms with Gasteiger partial charge in [-0.15, -0.1) is 0 Å². The second-order valence-electron chi connectivity index (χ2n) is 7.50. The Morgan fingerprint density at radius 3 is 2.66 bits per heavy atom. The van der Waals surface area contributed by atoms with E-state index in [4.69, 9.17) is 15.0 Å². The number of hydrogen-bond donors (Lipinski definition) is 6. The Kier molecular flexibility index (Phi) is 6.23. The van der Waals surface area contributed by atoms with Gasteiger partial charge in [-0.25, -0.2) is 4.57 Å². The van der Waals surface area contributed by atoms with Crippen LogP contribution in [0, 0.1) is 0 Å². The van der Waals surface area contributed by atoms with Crippen molar-refractivity contribution in [2.24, 2.45) is 0 Å². The number of phosphoric ester groups is 1. The number of H-pyrrole nitrogens is 1. The summed E-state index contributed by atoms with van der Waals surface area (Å²) >= 11 is 0. The zero-order valence-corrected chi connectivity index (χ0v) is 17.7. The van der Waals surface area contributed by atoms with Crippen LogP contribution in [0.4, 0.5) is 17.5 Å². The average molecular weight is 469 g/mol. The molecule has 1 aromatic heterocycles. The molecule has 0 bridgehead atoms. The van der Waals surface area contributed by atoms with Crippen LogP contribution in [0.3, 0.4) is 0 Å². The number of anilines is 3. The minimum Gasteiger partial charge on any atom is -0.394 e. The fraction of sp³-hybridized carbons (Fsp3) is 0.444. The molecule has 1 fully saturated rings. The molecule has 0 saturated carbocycles. The summed E-state index contributed by atoms with van der Waals surface area (Å²) in [5, 5.41) is 19.7. The Morgan fingerprint density at radius 1 is 1.31 bits per heavy atom. The van der Waals surface area contributed by atoms with E-state index in [0.717, 1.165) is 5.56 Å². The quantitative estimate of drug-likeness (QED) is 0.278. The number of rotatable bonds is 7. The SMILES string of the molecule is Nc1nc2c(c(=O)[nH]1)N(C(CO)c1ccccc1)CN2[C@H]1C[C@H](OP(=O)(O)O)[C@@H](CO)O1. The molecule has 2 aliphatic heterocycles. The monoisotopic (exact) mass is 469 g/mol. The predicted molar refractivity (Wildman–Crippen MR) is 113 cm³/mol. The van der Waals surface area contributed by atoms with Crippen LogP contribution >= 0.6 is 7.82 Å². The molecule has 14 heteroatoms. The van der Waals surface area contributed by atoms with Crippen molar-refractivity contribution < 1.29 is 33.8 Å². The zero-order chi connectivity index (χ0) is 23.0. The normalized spacial score (nSPS) is 24.1. The van der Waals surface area contributed by atoms with E-state index in [1.165, 1.54) is 0 Å². The van der Waals surface area contributed by atoms with Crippen molar-refractivity contribution in [2.75, 3.05) is 35.4 Å². The van der Waals surface area contributed by atoms with E-state index in [9.17, 15) is 29.4 Å². The third-order valence-electron chi connectivity index (χ3n) is 5.47. The van der Waals surface area contributed by atoms with Crippen LogP contribution in [0.2, 0.25) is 0 Å². The minimum atomic E-state index is -4.82. The van der Waals surface area contributed by atoms with Crippen molar-refractivity contribution in [2.45, 2.75) is 30.9 Å². The van der Waals surface area contributed by atoms with E-state index in [1.54, 1.807) is 9.80 Å². The second-order valence-corrected chi connectivity index (χ2v) is 8.69. The lowest BCUT2D eigenvalue weighted by molar-refractivity contribution is -0.0217. The highest BCUT2D eigenvalue weighted by atomic mass is 31.2. The minimum absolute atomic E-state index is 0.00682. The highest BCUT2D eigenvalue weighted by Gasteiger charge is 2.46. The number of ether oxygens (including phenoxy) is 1. The first kappa shape index (κ1) is 22.7. The zero-order valence-electron chi connectivity index (χ0n) is 16.8. The number of fused-ring (bicyclic) bond motifs is 1. The third kappa shape index (κ3) is 4.36. The van der Waals surface area contributed by atoms with Gasteiger partial charge in [0.1, 0.15) is 24.1 Å². The highest BCUT2D eigenvalue weighted by Crippen LogP contribution is 2.45. The van der Waals surface area contributed by atoms with E-state index in [2.05, 4.69) is 9.97 Å².